The lowest BCUT2D eigenvalue weighted by Gasteiger charge is -2.19. The minimum atomic E-state index is 0.351. The Hall–Kier alpha value is -1.74. The highest BCUT2D eigenvalue weighted by molar-refractivity contribution is 5.97. The van der Waals surface area contributed by atoms with Crippen molar-refractivity contribution in [2.45, 2.75) is 25.3 Å². The van der Waals surface area contributed by atoms with Crippen molar-refractivity contribution in [3.63, 3.8) is 0 Å². The Kier molecular flexibility index (Phi) is 3.56. The molecule has 0 spiro atoms. The molecule has 1 saturated heterocycles. The maximum atomic E-state index is 9.91. The third kappa shape index (κ3) is 2.66. The smallest absolute Gasteiger partial charge is 0.123 e. The van der Waals surface area contributed by atoms with Crippen LogP contribution < -0.4 is 10.6 Å². The van der Waals surface area contributed by atoms with Crippen LogP contribution in [-0.4, -0.2) is 24.2 Å². The summed E-state index contributed by atoms with van der Waals surface area (Å²) >= 11 is 0. The molecule has 3 nitrogen and oxygen atoms in total. The molecule has 2 aromatic carbocycles. The molecule has 1 unspecified atom stereocenters. The molecule has 0 radical (unpaired) electrons. The molecule has 3 heteroatoms. The van der Waals surface area contributed by atoms with Gasteiger partial charge in [-0.1, -0.05) is 24.3 Å². The Morgan fingerprint density at radius 3 is 2.79 bits per heavy atom. The lowest BCUT2D eigenvalue weighted by molar-refractivity contribution is 0.481. The van der Waals surface area contributed by atoms with Crippen LogP contribution in [0.15, 0.2) is 36.4 Å². The van der Waals surface area contributed by atoms with E-state index < -0.39 is 0 Å². The molecule has 0 aliphatic carbocycles. The quantitative estimate of drug-likeness (QED) is 0.773. The van der Waals surface area contributed by atoms with E-state index in [4.69, 9.17) is 0 Å². The van der Waals surface area contributed by atoms with Gasteiger partial charge in [-0.25, -0.2) is 0 Å². The Morgan fingerprint density at radius 2 is 1.84 bits per heavy atom. The highest BCUT2D eigenvalue weighted by Gasteiger charge is 2.13. The molecule has 1 fully saturated rings. The summed E-state index contributed by atoms with van der Waals surface area (Å²) < 4.78 is 0. The zero-order chi connectivity index (χ0) is 13.1. The van der Waals surface area contributed by atoms with Crippen molar-refractivity contribution in [3.05, 3.63) is 36.4 Å². The van der Waals surface area contributed by atoms with Gasteiger partial charge in [0.15, 0.2) is 0 Å². The largest absolute Gasteiger partial charge is 0.507 e. The van der Waals surface area contributed by atoms with Gasteiger partial charge in [0.25, 0.3) is 0 Å². The fourth-order valence-corrected chi connectivity index (χ4v) is 2.80. The molecule has 1 aliphatic heterocycles. The van der Waals surface area contributed by atoms with Crippen LogP contribution >= 0.6 is 0 Å². The number of rotatable bonds is 2. The molecule has 0 bridgehead atoms. The Balaban J connectivity index is 1.90. The van der Waals surface area contributed by atoms with Crippen LogP contribution in [0.5, 0.6) is 5.75 Å². The highest BCUT2D eigenvalue weighted by Crippen LogP contribution is 2.30. The summed E-state index contributed by atoms with van der Waals surface area (Å²) in [7, 11) is 0. The number of aromatic hydroxyl groups is 1. The predicted octanol–water partition coefficient (Wildman–Crippen LogP) is 3.10. The molecule has 19 heavy (non-hydrogen) atoms. The van der Waals surface area contributed by atoms with Gasteiger partial charge in [-0.3, -0.25) is 0 Å². The van der Waals surface area contributed by atoms with E-state index in [1.807, 2.05) is 18.2 Å². The van der Waals surface area contributed by atoms with Gasteiger partial charge in [0.05, 0.1) is 0 Å². The minimum Gasteiger partial charge on any atom is -0.507 e. The lowest BCUT2D eigenvalue weighted by atomic mass is 10.1. The first-order valence-corrected chi connectivity index (χ1v) is 7.02. The van der Waals surface area contributed by atoms with E-state index in [0.29, 0.717) is 11.8 Å². The molecular formula is C16H20N2O. The van der Waals surface area contributed by atoms with E-state index in [0.717, 1.165) is 36.0 Å². The topological polar surface area (TPSA) is 44.3 Å². The van der Waals surface area contributed by atoms with Crippen molar-refractivity contribution in [3.8, 4) is 5.75 Å². The molecule has 1 atom stereocenters. The van der Waals surface area contributed by atoms with Gasteiger partial charge in [-0.15, -0.1) is 0 Å². The average molecular weight is 256 g/mol. The van der Waals surface area contributed by atoms with Crippen molar-refractivity contribution in [2.24, 2.45) is 0 Å². The number of fused-ring (bicyclic) bond motifs is 1. The van der Waals surface area contributed by atoms with Crippen LogP contribution in [-0.2, 0) is 0 Å². The number of benzene rings is 2. The molecule has 3 N–H and O–H groups in total. The van der Waals surface area contributed by atoms with Crippen LogP contribution in [0.3, 0.4) is 0 Å². The number of phenols is 1. The Bertz CT molecular complexity index is 560. The molecule has 100 valence electrons. The van der Waals surface area contributed by atoms with Crippen LogP contribution in [0.1, 0.15) is 19.3 Å². The number of hydrogen-bond acceptors (Lipinski definition) is 3. The summed E-state index contributed by atoms with van der Waals surface area (Å²) in [6.45, 7) is 2.20. The lowest BCUT2D eigenvalue weighted by Crippen LogP contribution is -2.21. The first kappa shape index (κ1) is 12.3. The second-order valence-corrected chi connectivity index (χ2v) is 5.20. The Morgan fingerprint density at radius 1 is 1.00 bits per heavy atom. The van der Waals surface area contributed by atoms with Gasteiger partial charge >= 0.3 is 0 Å². The molecule has 3 rings (SSSR count). The van der Waals surface area contributed by atoms with Crippen LogP contribution in [0.25, 0.3) is 10.8 Å². The maximum absolute atomic E-state index is 9.91. The summed E-state index contributed by atoms with van der Waals surface area (Å²) in [5, 5.41) is 19.0. The van der Waals surface area contributed by atoms with E-state index in [2.05, 4.69) is 22.8 Å². The zero-order valence-corrected chi connectivity index (χ0v) is 11.0. The summed E-state index contributed by atoms with van der Waals surface area (Å²) in [6, 6.07) is 12.3. The number of phenolic OH excluding ortho intramolecular Hbond substituents is 1. The average Bonchev–Trinajstić information content (AvgIpc) is 2.69. The standard InChI is InChI=1S/C16H20N2O/c19-16-8-2-5-13-14(16)6-1-7-15(13)18-12-4-3-10-17-11-9-12/h1-2,5-8,12,17-19H,3-4,9-11H2. The summed E-state index contributed by atoms with van der Waals surface area (Å²) in [5.74, 6) is 0.351. The van der Waals surface area contributed by atoms with Gasteiger partial charge in [0.2, 0.25) is 0 Å². The third-order valence-electron chi connectivity index (χ3n) is 3.83. The van der Waals surface area contributed by atoms with E-state index >= 15 is 0 Å². The number of anilines is 1. The molecule has 2 aromatic rings. The highest BCUT2D eigenvalue weighted by atomic mass is 16.3. The summed E-state index contributed by atoms with van der Waals surface area (Å²) in [6.07, 6.45) is 3.56. The molecule has 1 aliphatic rings. The van der Waals surface area contributed by atoms with Crippen LogP contribution in [0.2, 0.25) is 0 Å². The Labute approximate surface area is 113 Å². The third-order valence-corrected chi connectivity index (χ3v) is 3.83. The van der Waals surface area contributed by atoms with Crippen molar-refractivity contribution in [1.29, 1.82) is 0 Å². The predicted molar refractivity (Wildman–Crippen MR) is 79.7 cm³/mol. The zero-order valence-electron chi connectivity index (χ0n) is 11.0. The molecular weight excluding hydrogens is 236 g/mol. The monoisotopic (exact) mass is 256 g/mol. The summed E-state index contributed by atoms with van der Waals surface area (Å²) in [4.78, 5) is 0. The van der Waals surface area contributed by atoms with Gasteiger partial charge < -0.3 is 15.7 Å². The van der Waals surface area contributed by atoms with Gasteiger partial charge in [-0.2, -0.15) is 0 Å². The fraction of sp³-hybridized carbons (Fsp3) is 0.375. The number of hydrogen-bond donors (Lipinski definition) is 3. The molecule has 0 aromatic heterocycles. The maximum Gasteiger partial charge on any atom is 0.123 e. The first-order valence-electron chi connectivity index (χ1n) is 7.02. The van der Waals surface area contributed by atoms with E-state index in [9.17, 15) is 5.11 Å². The van der Waals surface area contributed by atoms with E-state index in [1.165, 1.54) is 12.8 Å². The molecule has 0 saturated carbocycles. The van der Waals surface area contributed by atoms with Crippen molar-refractivity contribution in [2.75, 3.05) is 18.4 Å². The normalized spacial score (nSPS) is 20.1. The van der Waals surface area contributed by atoms with Gasteiger partial charge in [0.1, 0.15) is 5.75 Å². The fourth-order valence-electron chi connectivity index (χ4n) is 2.80. The van der Waals surface area contributed by atoms with Crippen LogP contribution in [0, 0.1) is 0 Å². The molecule has 1 heterocycles. The minimum absolute atomic E-state index is 0.351. The van der Waals surface area contributed by atoms with Crippen LogP contribution in [0.4, 0.5) is 5.69 Å². The second kappa shape index (κ2) is 5.49. The second-order valence-electron chi connectivity index (χ2n) is 5.20. The van der Waals surface area contributed by atoms with E-state index in [-0.39, 0.29) is 0 Å². The van der Waals surface area contributed by atoms with Crippen molar-refractivity contribution in [1.82, 2.24) is 5.32 Å². The van der Waals surface area contributed by atoms with Crippen molar-refractivity contribution >= 4 is 16.5 Å². The van der Waals surface area contributed by atoms with E-state index in [1.54, 1.807) is 6.07 Å². The molecule has 0 amide bonds. The first-order chi connectivity index (χ1) is 9.34. The van der Waals surface area contributed by atoms with Gasteiger partial charge in [0, 0.05) is 22.5 Å². The van der Waals surface area contributed by atoms with Crippen molar-refractivity contribution < 1.29 is 5.11 Å². The van der Waals surface area contributed by atoms with Gasteiger partial charge in [-0.05, 0) is 44.5 Å². The SMILES string of the molecule is Oc1cccc2c(NC3CCCNCC3)cccc12. The number of nitrogens with one attached hydrogen (secondary N) is 2. The summed E-state index contributed by atoms with van der Waals surface area (Å²) in [5.41, 5.74) is 1.13.